The smallest absolute Gasteiger partial charge is 0.325 e. The van der Waals surface area contributed by atoms with Gasteiger partial charge in [0.1, 0.15) is 11.5 Å². The summed E-state index contributed by atoms with van der Waals surface area (Å²) in [6.07, 6.45) is 0. The predicted molar refractivity (Wildman–Crippen MR) is 109 cm³/mol. The maximum Gasteiger partial charge on any atom is 0.325 e. The number of nitrogens with zero attached hydrogens (tertiary/aromatic N) is 3. The van der Waals surface area contributed by atoms with Crippen LogP contribution in [0.25, 0.3) is 10.6 Å². The maximum absolute atomic E-state index is 12.3. The van der Waals surface area contributed by atoms with Crippen LogP contribution in [0.2, 0.25) is 10.0 Å². The van der Waals surface area contributed by atoms with E-state index in [1.807, 2.05) is 0 Å². The first-order chi connectivity index (χ1) is 13.8. The number of benzene rings is 2. The SMILES string of the molecule is COc1ccc([N+](=O)[O-])cc1NC(=O)Nc1nnc(-c2cc(Cl)cc(Cl)c2O)s1. The van der Waals surface area contributed by atoms with Gasteiger partial charge in [0.2, 0.25) is 5.13 Å². The second-order valence-corrected chi connectivity index (χ2v) is 7.24. The van der Waals surface area contributed by atoms with Crippen molar-refractivity contribution in [2.24, 2.45) is 0 Å². The molecule has 0 aliphatic rings. The fourth-order valence-corrected chi connectivity index (χ4v) is 3.52. The molecule has 0 unspecified atom stereocenters. The number of aromatic hydroxyl groups is 1. The zero-order valence-corrected chi connectivity index (χ0v) is 16.8. The highest BCUT2D eigenvalue weighted by atomic mass is 35.5. The number of anilines is 2. The lowest BCUT2D eigenvalue weighted by atomic mass is 10.2. The molecule has 13 heteroatoms. The highest BCUT2D eigenvalue weighted by molar-refractivity contribution is 7.18. The first-order valence-corrected chi connectivity index (χ1v) is 9.28. The molecule has 0 radical (unpaired) electrons. The molecule has 0 saturated carbocycles. The van der Waals surface area contributed by atoms with E-state index in [1.165, 1.54) is 31.4 Å². The van der Waals surface area contributed by atoms with Gasteiger partial charge in [0.15, 0.2) is 5.01 Å². The Kier molecular flexibility index (Phi) is 6.01. The Hall–Kier alpha value is -3.15. The van der Waals surface area contributed by atoms with Crippen molar-refractivity contribution >= 4 is 57.1 Å². The molecular formula is C16H11Cl2N5O5S. The lowest BCUT2D eigenvalue weighted by molar-refractivity contribution is -0.384. The van der Waals surface area contributed by atoms with Crippen LogP contribution in [0.5, 0.6) is 11.5 Å². The summed E-state index contributed by atoms with van der Waals surface area (Å²) in [6, 6.07) is 5.89. The summed E-state index contributed by atoms with van der Waals surface area (Å²) in [7, 11) is 1.36. The van der Waals surface area contributed by atoms with Crippen molar-refractivity contribution in [2.45, 2.75) is 0 Å². The number of non-ortho nitro benzene ring substituents is 1. The predicted octanol–water partition coefficient (Wildman–Crippen LogP) is 4.78. The van der Waals surface area contributed by atoms with Crippen molar-refractivity contribution in [1.82, 2.24) is 10.2 Å². The van der Waals surface area contributed by atoms with Crippen molar-refractivity contribution in [2.75, 3.05) is 17.7 Å². The highest BCUT2D eigenvalue weighted by Gasteiger charge is 2.17. The number of amides is 2. The number of nitrogens with one attached hydrogen (secondary N) is 2. The Morgan fingerprint density at radius 1 is 1.24 bits per heavy atom. The number of nitro benzene ring substituents is 1. The second kappa shape index (κ2) is 8.47. The van der Waals surface area contributed by atoms with Crippen LogP contribution in [0.4, 0.5) is 21.3 Å². The fourth-order valence-electron chi connectivity index (χ4n) is 2.27. The van der Waals surface area contributed by atoms with E-state index in [-0.39, 0.29) is 43.6 Å². The Morgan fingerprint density at radius 2 is 2.00 bits per heavy atom. The van der Waals surface area contributed by atoms with E-state index in [0.29, 0.717) is 5.02 Å². The molecule has 3 aromatic rings. The molecular weight excluding hydrogens is 445 g/mol. The third-order valence-electron chi connectivity index (χ3n) is 3.55. The number of halogens is 2. The average Bonchev–Trinajstić information content (AvgIpc) is 3.12. The van der Waals surface area contributed by atoms with E-state index in [9.17, 15) is 20.0 Å². The minimum Gasteiger partial charge on any atom is -0.506 e. The molecule has 29 heavy (non-hydrogen) atoms. The molecule has 3 N–H and O–H groups in total. The second-order valence-electron chi connectivity index (χ2n) is 5.42. The molecule has 2 amide bonds. The molecule has 0 saturated heterocycles. The summed E-state index contributed by atoms with van der Waals surface area (Å²) >= 11 is 12.8. The number of carbonyl (C=O) groups excluding carboxylic acids is 1. The van der Waals surface area contributed by atoms with Gasteiger partial charge in [-0.05, 0) is 18.2 Å². The van der Waals surface area contributed by atoms with Crippen molar-refractivity contribution in [3.63, 3.8) is 0 Å². The van der Waals surface area contributed by atoms with Gasteiger partial charge in [0, 0.05) is 17.2 Å². The third kappa shape index (κ3) is 4.65. The third-order valence-corrected chi connectivity index (χ3v) is 4.92. The highest BCUT2D eigenvalue weighted by Crippen LogP contribution is 2.39. The average molecular weight is 456 g/mol. The lowest BCUT2D eigenvalue weighted by Crippen LogP contribution is -2.19. The number of methoxy groups -OCH3 is 1. The largest absolute Gasteiger partial charge is 0.506 e. The number of nitro groups is 1. The van der Waals surface area contributed by atoms with Crippen molar-refractivity contribution in [1.29, 1.82) is 0 Å². The van der Waals surface area contributed by atoms with Crippen LogP contribution in [-0.4, -0.2) is 33.4 Å². The summed E-state index contributed by atoms with van der Waals surface area (Å²) in [5.74, 6) is 0.0201. The number of urea groups is 1. The number of aromatic nitrogens is 2. The van der Waals surface area contributed by atoms with E-state index in [0.717, 1.165) is 17.4 Å². The van der Waals surface area contributed by atoms with E-state index in [4.69, 9.17) is 27.9 Å². The zero-order valence-electron chi connectivity index (χ0n) is 14.5. The Balaban J connectivity index is 1.78. The van der Waals surface area contributed by atoms with Crippen LogP contribution in [0.3, 0.4) is 0 Å². The number of hydrogen-bond donors (Lipinski definition) is 3. The number of carbonyl (C=O) groups is 1. The number of rotatable bonds is 5. The first-order valence-electron chi connectivity index (χ1n) is 7.71. The van der Waals surface area contributed by atoms with Gasteiger partial charge in [0.05, 0.1) is 28.3 Å². The molecule has 1 aromatic heterocycles. The van der Waals surface area contributed by atoms with E-state index >= 15 is 0 Å². The standard InChI is InChI=1S/C16H11Cl2N5O5S/c1-28-12-3-2-8(23(26)27)6-11(12)19-15(25)20-16-22-21-14(29-16)9-4-7(17)5-10(18)13(9)24/h2-6,24H,1H3,(H2,19,20,22,25). The maximum atomic E-state index is 12.3. The van der Waals surface area contributed by atoms with Crippen LogP contribution in [0.1, 0.15) is 0 Å². The van der Waals surface area contributed by atoms with E-state index in [2.05, 4.69) is 20.8 Å². The molecule has 1 heterocycles. The van der Waals surface area contributed by atoms with Crippen molar-refractivity contribution < 1.29 is 19.6 Å². The number of phenols is 1. The van der Waals surface area contributed by atoms with Crippen molar-refractivity contribution in [3.05, 3.63) is 50.5 Å². The molecule has 0 aliphatic carbocycles. The molecule has 0 aliphatic heterocycles. The normalized spacial score (nSPS) is 10.4. The van der Waals surface area contributed by atoms with Gasteiger partial charge in [-0.1, -0.05) is 34.5 Å². The summed E-state index contributed by atoms with van der Waals surface area (Å²) in [5, 5.41) is 34.3. The molecule has 0 spiro atoms. The fraction of sp³-hybridized carbons (Fsp3) is 0.0625. The molecule has 3 rings (SSSR count). The molecule has 2 aromatic carbocycles. The topological polar surface area (TPSA) is 140 Å². The van der Waals surface area contributed by atoms with Crippen molar-refractivity contribution in [3.8, 4) is 22.1 Å². The molecule has 0 bridgehead atoms. The Labute approximate surface area is 177 Å². The summed E-state index contributed by atoms with van der Waals surface area (Å²) in [6.45, 7) is 0. The summed E-state index contributed by atoms with van der Waals surface area (Å²) in [5.41, 5.74) is 0.143. The van der Waals surface area contributed by atoms with Gasteiger partial charge in [-0.25, -0.2) is 4.79 Å². The molecule has 0 fully saturated rings. The van der Waals surface area contributed by atoms with Crippen LogP contribution < -0.4 is 15.4 Å². The number of ether oxygens (including phenoxy) is 1. The van der Waals surface area contributed by atoms with Gasteiger partial charge in [0.25, 0.3) is 5.69 Å². The zero-order chi connectivity index (χ0) is 21.1. The molecule has 10 nitrogen and oxygen atoms in total. The molecule has 0 atom stereocenters. The van der Waals surface area contributed by atoms with Crippen LogP contribution in [0.15, 0.2) is 30.3 Å². The lowest BCUT2D eigenvalue weighted by Gasteiger charge is -2.09. The first kappa shape index (κ1) is 20.6. The van der Waals surface area contributed by atoms with Gasteiger partial charge in [-0.15, -0.1) is 10.2 Å². The number of hydrogen-bond acceptors (Lipinski definition) is 8. The Bertz CT molecular complexity index is 1110. The van der Waals surface area contributed by atoms with Crippen LogP contribution >= 0.6 is 34.5 Å². The quantitative estimate of drug-likeness (QED) is 0.371. The minimum absolute atomic E-state index is 0.0488. The van der Waals surface area contributed by atoms with Gasteiger partial charge in [-0.2, -0.15) is 0 Å². The number of phenolic OH excluding ortho intramolecular Hbond substituents is 1. The van der Waals surface area contributed by atoms with E-state index < -0.39 is 11.0 Å². The van der Waals surface area contributed by atoms with Gasteiger partial charge in [-0.3, -0.25) is 15.4 Å². The summed E-state index contributed by atoms with van der Waals surface area (Å²) in [4.78, 5) is 22.6. The van der Waals surface area contributed by atoms with E-state index in [1.54, 1.807) is 0 Å². The van der Waals surface area contributed by atoms with Crippen LogP contribution in [-0.2, 0) is 0 Å². The Morgan fingerprint density at radius 3 is 2.69 bits per heavy atom. The van der Waals surface area contributed by atoms with Crippen LogP contribution in [0, 0.1) is 10.1 Å². The summed E-state index contributed by atoms with van der Waals surface area (Å²) < 4.78 is 5.09. The minimum atomic E-state index is -0.722. The van der Waals surface area contributed by atoms with Gasteiger partial charge < -0.3 is 15.2 Å². The molecule has 150 valence electrons. The van der Waals surface area contributed by atoms with Gasteiger partial charge >= 0.3 is 6.03 Å². The monoisotopic (exact) mass is 455 g/mol.